The van der Waals surface area contributed by atoms with Crippen LogP contribution in [0.25, 0.3) is 0 Å². The van der Waals surface area contributed by atoms with Crippen LogP contribution >= 0.6 is 12.4 Å². The average Bonchev–Trinajstić information content (AvgIpc) is 2.68. The van der Waals surface area contributed by atoms with E-state index in [1.807, 2.05) is 19.0 Å². The van der Waals surface area contributed by atoms with Gasteiger partial charge in [-0.15, -0.1) is 12.4 Å². The van der Waals surface area contributed by atoms with E-state index in [0.717, 1.165) is 31.8 Å². The second kappa shape index (κ2) is 5.32. The van der Waals surface area contributed by atoms with Gasteiger partial charge in [-0.1, -0.05) is 0 Å². The summed E-state index contributed by atoms with van der Waals surface area (Å²) in [5.74, 6) is 1.89. The van der Waals surface area contributed by atoms with E-state index in [1.54, 1.807) is 0 Å². The summed E-state index contributed by atoms with van der Waals surface area (Å²) in [5, 5.41) is 7.22. The molecular weight excluding hydrogens is 216 g/mol. The summed E-state index contributed by atoms with van der Waals surface area (Å²) in [7, 11) is 3.83. The summed E-state index contributed by atoms with van der Waals surface area (Å²) in [6.07, 6.45) is 2.18. The maximum atomic E-state index is 5.23. The van der Waals surface area contributed by atoms with E-state index >= 15 is 0 Å². The molecule has 0 unspecified atom stereocenters. The topological polar surface area (TPSA) is 54.2 Å². The summed E-state index contributed by atoms with van der Waals surface area (Å²) in [6, 6.07) is 0. The highest BCUT2D eigenvalue weighted by atomic mass is 35.5. The fourth-order valence-corrected chi connectivity index (χ4v) is 1.64. The minimum atomic E-state index is 0. The van der Waals surface area contributed by atoms with Crippen LogP contribution in [-0.2, 0) is 0 Å². The molecule has 0 aliphatic carbocycles. The van der Waals surface area contributed by atoms with Crippen molar-refractivity contribution in [1.82, 2.24) is 15.5 Å². The molecule has 86 valence electrons. The van der Waals surface area contributed by atoms with Crippen LogP contribution in [0.4, 0.5) is 5.95 Å². The molecule has 0 spiro atoms. The van der Waals surface area contributed by atoms with Crippen molar-refractivity contribution in [2.24, 2.45) is 0 Å². The molecule has 6 heteroatoms. The highest BCUT2D eigenvalue weighted by Gasteiger charge is 2.21. The number of nitrogens with one attached hydrogen (secondary N) is 1. The first kappa shape index (κ1) is 12.3. The molecule has 1 fully saturated rings. The Morgan fingerprint density at radius 2 is 2.00 bits per heavy atom. The van der Waals surface area contributed by atoms with Gasteiger partial charge in [-0.2, -0.15) is 4.98 Å². The number of hydrogen-bond donors (Lipinski definition) is 1. The highest BCUT2D eigenvalue weighted by Crippen LogP contribution is 2.24. The maximum absolute atomic E-state index is 5.23. The average molecular weight is 233 g/mol. The number of hydrogen-bond acceptors (Lipinski definition) is 5. The lowest BCUT2D eigenvalue weighted by Gasteiger charge is -2.18. The van der Waals surface area contributed by atoms with E-state index in [4.69, 9.17) is 4.52 Å². The van der Waals surface area contributed by atoms with Gasteiger partial charge >= 0.3 is 0 Å². The lowest BCUT2D eigenvalue weighted by molar-refractivity contribution is 0.320. The third-order valence-corrected chi connectivity index (χ3v) is 2.52. The predicted octanol–water partition coefficient (Wildman–Crippen LogP) is 1.02. The minimum Gasteiger partial charge on any atom is -0.344 e. The fourth-order valence-electron chi connectivity index (χ4n) is 1.64. The molecule has 1 aromatic heterocycles. The first-order valence-corrected chi connectivity index (χ1v) is 4.99. The third-order valence-electron chi connectivity index (χ3n) is 2.52. The molecule has 1 aromatic rings. The minimum absolute atomic E-state index is 0. The monoisotopic (exact) mass is 232 g/mol. The summed E-state index contributed by atoms with van der Waals surface area (Å²) in [4.78, 5) is 6.21. The number of rotatable bonds is 2. The Kier molecular flexibility index (Phi) is 4.35. The largest absolute Gasteiger partial charge is 0.344 e. The van der Waals surface area contributed by atoms with Crippen molar-refractivity contribution in [3.63, 3.8) is 0 Å². The second-order valence-electron chi connectivity index (χ2n) is 3.85. The van der Waals surface area contributed by atoms with Crippen molar-refractivity contribution in [3.8, 4) is 0 Å². The fraction of sp³-hybridized carbons (Fsp3) is 0.778. The zero-order valence-electron chi connectivity index (χ0n) is 9.06. The Hall–Kier alpha value is -0.810. The Morgan fingerprint density at radius 1 is 1.33 bits per heavy atom. The van der Waals surface area contributed by atoms with Crippen LogP contribution in [0.1, 0.15) is 24.7 Å². The highest BCUT2D eigenvalue weighted by molar-refractivity contribution is 5.85. The van der Waals surface area contributed by atoms with E-state index in [0.29, 0.717) is 11.9 Å². The van der Waals surface area contributed by atoms with E-state index in [9.17, 15) is 0 Å². The first-order valence-electron chi connectivity index (χ1n) is 4.99. The molecule has 0 saturated carbocycles. The zero-order valence-corrected chi connectivity index (χ0v) is 9.88. The Bertz CT molecular complexity index is 296. The molecule has 0 radical (unpaired) electrons. The molecular formula is C9H17ClN4O. The lowest BCUT2D eigenvalue weighted by atomic mass is 9.98. The number of nitrogens with zero attached hydrogens (tertiary/aromatic N) is 3. The third kappa shape index (κ3) is 2.82. The number of piperidine rings is 1. The Balaban J connectivity index is 0.00000112. The summed E-state index contributed by atoms with van der Waals surface area (Å²) >= 11 is 0. The molecule has 0 atom stereocenters. The molecule has 1 aliphatic rings. The van der Waals surface area contributed by atoms with Crippen molar-refractivity contribution < 1.29 is 4.52 Å². The predicted molar refractivity (Wildman–Crippen MR) is 60.7 cm³/mol. The van der Waals surface area contributed by atoms with Crippen molar-refractivity contribution in [2.45, 2.75) is 18.8 Å². The molecule has 0 aromatic carbocycles. The summed E-state index contributed by atoms with van der Waals surface area (Å²) in [6.45, 7) is 2.09. The van der Waals surface area contributed by atoms with Gasteiger partial charge < -0.3 is 14.7 Å². The Labute approximate surface area is 95.6 Å². The summed E-state index contributed by atoms with van der Waals surface area (Å²) in [5.41, 5.74) is 0. The van der Waals surface area contributed by atoms with Gasteiger partial charge in [0.15, 0.2) is 0 Å². The molecule has 1 aliphatic heterocycles. The molecule has 1 N–H and O–H groups in total. The van der Waals surface area contributed by atoms with Crippen molar-refractivity contribution in [1.29, 1.82) is 0 Å². The van der Waals surface area contributed by atoms with Gasteiger partial charge in [0.1, 0.15) is 0 Å². The number of aromatic nitrogens is 2. The van der Waals surface area contributed by atoms with Gasteiger partial charge in [0, 0.05) is 20.0 Å². The Morgan fingerprint density at radius 3 is 2.53 bits per heavy atom. The maximum Gasteiger partial charge on any atom is 0.265 e. The van der Waals surface area contributed by atoms with Crippen LogP contribution in [0, 0.1) is 0 Å². The van der Waals surface area contributed by atoms with Gasteiger partial charge in [0.25, 0.3) is 5.95 Å². The standard InChI is InChI=1S/C9H16N4O.ClH/c1-13(2)9-11-8(14-12-9)7-3-5-10-6-4-7;/h7,10H,3-6H2,1-2H3;1H. The van der Waals surface area contributed by atoms with Crippen LogP contribution in [0.15, 0.2) is 4.52 Å². The van der Waals surface area contributed by atoms with E-state index in [2.05, 4.69) is 15.5 Å². The molecule has 5 nitrogen and oxygen atoms in total. The summed E-state index contributed by atoms with van der Waals surface area (Å²) < 4.78 is 5.23. The second-order valence-corrected chi connectivity index (χ2v) is 3.85. The quantitative estimate of drug-likeness (QED) is 0.825. The number of halogens is 1. The lowest BCUT2D eigenvalue weighted by Crippen LogP contribution is -2.26. The normalized spacial score (nSPS) is 17.2. The van der Waals surface area contributed by atoms with Gasteiger partial charge in [-0.05, 0) is 31.1 Å². The van der Waals surface area contributed by atoms with Gasteiger partial charge in [-0.3, -0.25) is 0 Å². The number of anilines is 1. The molecule has 0 bridgehead atoms. The van der Waals surface area contributed by atoms with Crippen LogP contribution in [0.3, 0.4) is 0 Å². The van der Waals surface area contributed by atoms with Gasteiger partial charge in [0.05, 0.1) is 0 Å². The van der Waals surface area contributed by atoms with Crippen LogP contribution in [0.5, 0.6) is 0 Å². The molecule has 15 heavy (non-hydrogen) atoms. The molecule has 2 heterocycles. The zero-order chi connectivity index (χ0) is 9.97. The van der Waals surface area contributed by atoms with Gasteiger partial charge in [0.2, 0.25) is 5.89 Å². The smallest absolute Gasteiger partial charge is 0.265 e. The van der Waals surface area contributed by atoms with E-state index < -0.39 is 0 Å². The van der Waals surface area contributed by atoms with Crippen LogP contribution in [-0.4, -0.2) is 37.3 Å². The van der Waals surface area contributed by atoms with Crippen molar-refractivity contribution >= 4 is 18.4 Å². The van der Waals surface area contributed by atoms with E-state index in [-0.39, 0.29) is 12.4 Å². The van der Waals surface area contributed by atoms with Crippen LogP contribution in [0.2, 0.25) is 0 Å². The van der Waals surface area contributed by atoms with Crippen LogP contribution < -0.4 is 10.2 Å². The molecule has 0 amide bonds. The van der Waals surface area contributed by atoms with E-state index in [1.165, 1.54) is 0 Å². The van der Waals surface area contributed by atoms with Gasteiger partial charge in [-0.25, -0.2) is 0 Å². The molecule has 1 saturated heterocycles. The SMILES string of the molecule is CN(C)c1noc(C2CCNCC2)n1.Cl. The molecule has 2 rings (SSSR count). The van der Waals surface area contributed by atoms with Crippen molar-refractivity contribution in [2.75, 3.05) is 32.1 Å². The first-order chi connectivity index (χ1) is 6.77. The van der Waals surface area contributed by atoms with Crippen molar-refractivity contribution in [3.05, 3.63) is 5.89 Å².